The third-order valence-corrected chi connectivity index (χ3v) is 5.64. The number of amides is 3. The molecule has 10 N–H and O–H groups in total. The zero-order valence-corrected chi connectivity index (χ0v) is 20.6. The monoisotopic (exact) mass is 532 g/mol. The highest BCUT2D eigenvalue weighted by molar-refractivity contribution is 5.94. The summed E-state index contributed by atoms with van der Waals surface area (Å²) in [5, 5.41) is 54.7. The molecule has 0 spiro atoms. The third-order valence-electron chi connectivity index (χ3n) is 5.64. The Kier molecular flexibility index (Phi) is 11.0. The SMILES string of the molecule is CC(O)C(N)C(=O)NC(CO)C(=O)NC(Cc1ccc(O)cc1)C(=O)NC(Cc1ccc(O)cc1)C(=O)O. The number of aliphatic hydroxyl groups is 2. The molecule has 2 aromatic rings. The fraction of sp³-hybridized carbons (Fsp3) is 0.360. The Labute approximate surface area is 218 Å². The van der Waals surface area contributed by atoms with Crippen LogP contribution in [0.15, 0.2) is 48.5 Å². The second kappa shape index (κ2) is 13.9. The van der Waals surface area contributed by atoms with Crippen LogP contribution in [0.3, 0.4) is 0 Å². The number of phenols is 2. The number of benzene rings is 2. The largest absolute Gasteiger partial charge is 0.508 e. The molecule has 5 unspecified atom stereocenters. The number of hydrogen-bond acceptors (Lipinski definition) is 9. The molecular formula is C25H32N4O9. The van der Waals surface area contributed by atoms with Gasteiger partial charge in [0.25, 0.3) is 0 Å². The summed E-state index contributed by atoms with van der Waals surface area (Å²) >= 11 is 0. The number of carboxylic acid groups (broad SMARTS) is 1. The summed E-state index contributed by atoms with van der Waals surface area (Å²) in [4.78, 5) is 50.0. The number of aliphatic carboxylic acids is 1. The minimum atomic E-state index is -1.52. The van der Waals surface area contributed by atoms with Gasteiger partial charge in [0.1, 0.15) is 35.7 Å². The molecule has 0 aliphatic rings. The zero-order valence-electron chi connectivity index (χ0n) is 20.6. The number of aromatic hydroxyl groups is 2. The Morgan fingerprint density at radius 2 is 1.13 bits per heavy atom. The van der Waals surface area contributed by atoms with Crippen molar-refractivity contribution in [1.82, 2.24) is 16.0 Å². The molecule has 0 saturated heterocycles. The van der Waals surface area contributed by atoms with Crippen LogP contribution in [0.1, 0.15) is 18.1 Å². The molecule has 13 nitrogen and oxygen atoms in total. The van der Waals surface area contributed by atoms with Crippen LogP contribution < -0.4 is 21.7 Å². The highest BCUT2D eigenvalue weighted by Crippen LogP contribution is 2.13. The number of nitrogens with two attached hydrogens (primary N) is 1. The smallest absolute Gasteiger partial charge is 0.326 e. The van der Waals surface area contributed by atoms with E-state index in [1.54, 1.807) is 0 Å². The van der Waals surface area contributed by atoms with Crippen LogP contribution in [-0.4, -0.2) is 86.1 Å². The quantitative estimate of drug-likeness (QED) is 0.139. The van der Waals surface area contributed by atoms with E-state index in [9.17, 15) is 44.7 Å². The van der Waals surface area contributed by atoms with Crippen LogP contribution >= 0.6 is 0 Å². The maximum atomic E-state index is 13.2. The third kappa shape index (κ3) is 9.03. The van der Waals surface area contributed by atoms with E-state index in [4.69, 9.17) is 5.73 Å². The molecule has 0 heterocycles. The average molecular weight is 533 g/mol. The standard InChI is InChI=1S/C25H32N4O9/c1-13(31)21(26)24(36)29-20(12-30)23(35)27-18(10-14-2-6-16(32)7-3-14)22(34)28-19(25(37)38)11-15-4-8-17(33)9-5-15/h2-9,13,18-21,30-33H,10-12,26H2,1H3,(H,27,35)(H,28,34)(H,29,36)(H,37,38). The fourth-order valence-corrected chi connectivity index (χ4v) is 3.37. The molecule has 3 amide bonds. The molecule has 0 aliphatic carbocycles. The average Bonchev–Trinajstić information content (AvgIpc) is 2.87. The first-order valence-electron chi connectivity index (χ1n) is 11.7. The van der Waals surface area contributed by atoms with E-state index in [-0.39, 0.29) is 24.3 Å². The summed E-state index contributed by atoms with van der Waals surface area (Å²) in [6.45, 7) is 0.420. The van der Waals surface area contributed by atoms with Gasteiger partial charge in [-0.1, -0.05) is 24.3 Å². The summed E-state index contributed by atoms with van der Waals surface area (Å²) in [7, 11) is 0. The van der Waals surface area contributed by atoms with Gasteiger partial charge in [-0.2, -0.15) is 0 Å². The first-order chi connectivity index (χ1) is 17.9. The van der Waals surface area contributed by atoms with Crippen LogP contribution in [-0.2, 0) is 32.0 Å². The molecule has 0 bridgehead atoms. The highest BCUT2D eigenvalue weighted by Gasteiger charge is 2.31. The van der Waals surface area contributed by atoms with Crippen molar-refractivity contribution in [3.63, 3.8) is 0 Å². The summed E-state index contributed by atoms with van der Waals surface area (Å²) in [6, 6.07) is 5.86. The van der Waals surface area contributed by atoms with Gasteiger partial charge >= 0.3 is 5.97 Å². The normalized spacial score (nSPS) is 14.8. The molecule has 5 atom stereocenters. The van der Waals surface area contributed by atoms with Crippen molar-refractivity contribution >= 4 is 23.7 Å². The molecular weight excluding hydrogens is 500 g/mol. The lowest BCUT2D eigenvalue weighted by molar-refractivity contribution is -0.142. The number of hydrogen-bond donors (Lipinski definition) is 9. The van der Waals surface area contributed by atoms with Crippen molar-refractivity contribution in [2.24, 2.45) is 5.73 Å². The Morgan fingerprint density at radius 3 is 1.55 bits per heavy atom. The van der Waals surface area contributed by atoms with Gasteiger partial charge in [-0.05, 0) is 42.3 Å². The molecule has 2 rings (SSSR count). The minimum Gasteiger partial charge on any atom is -0.508 e. The Balaban J connectivity index is 2.22. The van der Waals surface area contributed by atoms with E-state index >= 15 is 0 Å². The van der Waals surface area contributed by atoms with E-state index in [0.29, 0.717) is 11.1 Å². The Bertz CT molecular complexity index is 1110. The van der Waals surface area contributed by atoms with Crippen LogP contribution in [0.5, 0.6) is 11.5 Å². The molecule has 13 heteroatoms. The van der Waals surface area contributed by atoms with Gasteiger partial charge in [0.15, 0.2) is 0 Å². The van der Waals surface area contributed by atoms with Crippen LogP contribution in [0.4, 0.5) is 0 Å². The van der Waals surface area contributed by atoms with Crippen LogP contribution in [0.25, 0.3) is 0 Å². The Morgan fingerprint density at radius 1 is 0.737 bits per heavy atom. The van der Waals surface area contributed by atoms with E-state index in [0.717, 1.165) is 0 Å². The first-order valence-corrected chi connectivity index (χ1v) is 11.7. The molecule has 0 aromatic heterocycles. The van der Waals surface area contributed by atoms with E-state index in [1.807, 2.05) is 0 Å². The van der Waals surface area contributed by atoms with E-state index < -0.39 is 60.6 Å². The van der Waals surface area contributed by atoms with Crippen molar-refractivity contribution in [2.75, 3.05) is 6.61 Å². The van der Waals surface area contributed by atoms with Crippen molar-refractivity contribution < 1.29 is 44.7 Å². The van der Waals surface area contributed by atoms with E-state index in [1.165, 1.54) is 55.5 Å². The summed E-state index contributed by atoms with van der Waals surface area (Å²) in [5.41, 5.74) is 6.58. The molecule has 0 radical (unpaired) electrons. The Hall–Kier alpha value is -4.20. The topological polar surface area (TPSA) is 232 Å². The van der Waals surface area contributed by atoms with Crippen molar-refractivity contribution in [1.29, 1.82) is 0 Å². The van der Waals surface area contributed by atoms with Crippen molar-refractivity contribution in [3.8, 4) is 11.5 Å². The summed E-state index contributed by atoms with van der Waals surface area (Å²) in [6.07, 6.45) is -1.47. The van der Waals surface area contributed by atoms with Gasteiger partial charge in [0, 0.05) is 12.8 Å². The molecule has 38 heavy (non-hydrogen) atoms. The number of rotatable bonds is 13. The lowest BCUT2D eigenvalue weighted by Gasteiger charge is -2.25. The highest BCUT2D eigenvalue weighted by atomic mass is 16.4. The van der Waals surface area contributed by atoms with Crippen molar-refractivity contribution in [3.05, 3.63) is 59.7 Å². The molecule has 0 fully saturated rings. The van der Waals surface area contributed by atoms with Crippen LogP contribution in [0, 0.1) is 0 Å². The number of phenolic OH excluding ortho intramolecular Hbond substituents is 2. The predicted octanol–water partition coefficient (Wildman–Crippen LogP) is -1.88. The predicted molar refractivity (Wildman–Crippen MR) is 134 cm³/mol. The van der Waals surface area contributed by atoms with Crippen molar-refractivity contribution in [2.45, 2.75) is 50.0 Å². The molecule has 0 saturated carbocycles. The molecule has 0 aliphatic heterocycles. The lowest BCUT2D eigenvalue weighted by atomic mass is 10.0. The second-order valence-electron chi connectivity index (χ2n) is 8.71. The summed E-state index contributed by atoms with van der Waals surface area (Å²) < 4.78 is 0. The zero-order chi connectivity index (χ0) is 28.4. The number of carbonyl (C=O) groups excluding carboxylic acids is 3. The minimum absolute atomic E-state index is 0.0127. The number of aliphatic hydroxyl groups excluding tert-OH is 2. The van der Waals surface area contributed by atoms with Gasteiger partial charge in [-0.15, -0.1) is 0 Å². The maximum absolute atomic E-state index is 13.2. The lowest BCUT2D eigenvalue weighted by Crippen LogP contribution is -2.59. The van der Waals surface area contributed by atoms with Gasteiger partial charge in [0.05, 0.1) is 12.7 Å². The van der Waals surface area contributed by atoms with Gasteiger partial charge in [0.2, 0.25) is 17.7 Å². The van der Waals surface area contributed by atoms with Crippen LogP contribution in [0.2, 0.25) is 0 Å². The second-order valence-corrected chi connectivity index (χ2v) is 8.71. The van der Waals surface area contributed by atoms with Gasteiger partial charge in [-0.3, -0.25) is 14.4 Å². The number of carboxylic acids is 1. The number of carbonyl (C=O) groups is 4. The molecule has 206 valence electrons. The molecule has 2 aromatic carbocycles. The first kappa shape index (κ1) is 30.0. The number of nitrogens with one attached hydrogen (secondary N) is 3. The van der Waals surface area contributed by atoms with Gasteiger partial charge in [-0.25, -0.2) is 4.79 Å². The van der Waals surface area contributed by atoms with Gasteiger partial charge < -0.3 is 47.2 Å². The fourth-order valence-electron chi connectivity index (χ4n) is 3.37. The summed E-state index contributed by atoms with van der Waals surface area (Å²) in [5.74, 6) is -4.11. The van der Waals surface area contributed by atoms with E-state index in [2.05, 4.69) is 16.0 Å². The maximum Gasteiger partial charge on any atom is 0.326 e.